The van der Waals surface area contributed by atoms with Crippen LogP contribution in [0.2, 0.25) is 0 Å². The van der Waals surface area contributed by atoms with Crippen LogP contribution in [0, 0.1) is 25.2 Å². The van der Waals surface area contributed by atoms with Crippen molar-refractivity contribution >= 4 is 40.2 Å². The van der Waals surface area contributed by atoms with Crippen LogP contribution in [-0.4, -0.2) is 29.0 Å². The first-order valence-corrected chi connectivity index (χ1v) is 11.3. The Morgan fingerprint density at radius 3 is 2.75 bits per heavy atom. The van der Waals surface area contributed by atoms with Crippen LogP contribution in [0.5, 0.6) is 0 Å². The molecule has 0 saturated carbocycles. The van der Waals surface area contributed by atoms with Crippen LogP contribution >= 0.6 is 11.3 Å². The van der Waals surface area contributed by atoms with Crippen molar-refractivity contribution in [3.8, 4) is 6.07 Å². The number of esters is 1. The largest absolute Gasteiger partial charge is 0.451 e. The molecule has 168 valence electrons. The number of carbonyl (C=O) groups is 3. The number of ether oxygens (including phenoxy) is 1. The van der Waals surface area contributed by atoms with Gasteiger partial charge in [-0.25, -0.2) is 4.79 Å². The summed E-state index contributed by atoms with van der Waals surface area (Å²) in [4.78, 5) is 37.6. The molecule has 0 saturated heterocycles. The number of hydrogen-bond acceptors (Lipinski definition) is 6. The summed E-state index contributed by atoms with van der Waals surface area (Å²) < 4.78 is 7.16. The lowest BCUT2D eigenvalue weighted by atomic mass is 10.1. The number of nitrogens with two attached hydrogens (primary N) is 1. The maximum atomic E-state index is 12.4. The van der Waals surface area contributed by atoms with Gasteiger partial charge in [0, 0.05) is 22.8 Å². The fraction of sp³-hybridized carbons (Fsp3) is 0.391. The summed E-state index contributed by atoms with van der Waals surface area (Å²) in [6.45, 7) is 6.24. The number of anilines is 1. The van der Waals surface area contributed by atoms with E-state index < -0.39 is 24.4 Å². The zero-order chi connectivity index (χ0) is 23.4. The monoisotopic (exact) mass is 454 g/mol. The highest BCUT2D eigenvalue weighted by molar-refractivity contribution is 7.17. The fourth-order valence-electron chi connectivity index (χ4n) is 3.96. The quantitative estimate of drug-likeness (QED) is 0.360. The highest BCUT2D eigenvalue weighted by atomic mass is 32.1. The molecule has 0 fully saturated rings. The average molecular weight is 455 g/mol. The third-order valence-corrected chi connectivity index (χ3v) is 6.66. The molecule has 0 atom stereocenters. The molecule has 2 aromatic rings. The fourth-order valence-corrected chi connectivity index (χ4v) is 5.27. The lowest BCUT2D eigenvalue weighted by Gasteiger charge is -2.08. The van der Waals surface area contributed by atoms with E-state index in [-0.39, 0.29) is 5.57 Å². The number of nitriles is 1. The summed E-state index contributed by atoms with van der Waals surface area (Å²) in [6, 6.07) is 3.75. The Labute approximate surface area is 190 Å². The highest BCUT2D eigenvalue weighted by Gasteiger charge is 2.26. The molecule has 1 aliphatic rings. The number of hydrogen-bond donors (Lipinski definition) is 2. The van der Waals surface area contributed by atoms with Crippen molar-refractivity contribution in [1.82, 2.24) is 4.57 Å². The lowest BCUT2D eigenvalue weighted by molar-refractivity contribution is -0.142. The Balaban J connectivity index is 1.67. The third-order valence-electron chi connectivity index (χ3n) is 5.46. The van der Waals surface area contributed by atoms with Crippen molar-refractivity contribution in [2.75, 3.05) is 11.9 Å². The van der Waals surface area contributed by atoms with E-state index in [1.54, 1.807) is 0 Å². The predicted octanol–water partition coefficient (Wildman–Crippen LogP) is 3.25. The zero-order valence-electron chi connectivity index (χ0n) is 18.4. The van der Waals surface area contributed by atoms with Crippen LogP contribution in [0.4, 0.5) is 5.00 Å². The molecule has 2 aromatic heterocycles. The van der Waals surface area contributed by atoms with Gasteiger partial charge in [0.15, 0.2) is 6.61 Å². The van der Waals surface area contributed by atoms with E-state index in [4.69, 9.17) is 10.5 Å². The van der Waals surface area contributed by atoms with Crippen molar-refractivity contribution in [2.45, 2.75) is 53.0 Å². The first kappa shape index (κ1) is 23.3. The lowest BCUT2D eigenvalue weighted by Crippen LogP contribution is -2.23. The molecule has 3 N–H and O–H groups in total. The van der Waals surface area contributed by atoms with Crippen molar-refractivity contribution in [3.05, 3.63) is 44.6 Å². The van der Waals surface area contributed by atoms with E-state index in [1.807, 2.05) is 26.0 Å². The van der Waals surface area contributed by atoms with Crippen molar-refractivity contribution in [2.24, 2.45) is 5.73 Å². The molecule has 0 aromatic carbocycles. The molecular weight excluding hydrogens is 428 g/mol. The van der Waals surface area contributed by atoms with Gasteiger partial charge in [-0.15, -0.1) is 11.3 Å². The zero-order valence-corrected chi connectivity index (χ0v) is 19.2. The Morgan fingerprint density at radius 1 is 1.34 bits per heavy atom. The van der Waals surface area contributed by atoms with E-state index in [9.17, 15) is 19.6 Å². The van der Waals surface area contributed by atoms with Crippen LogP contribution in [-0.2, 0) is 33.7 Å². The van der Waals surface area contributed by atoms with Crippen LogP contribution in [0.15, 0.2) is 11.6 Å². The second-order valence-corrected chi connectivity index (χ2v) is 8.80. The van der Waals surface area contributed by atoms with Gasteiger partial charge >= 0.3 is 5.97 Å². The van der Waals surface area contributed by atoms with Gasteiger partial charge in [-0.1, -0.05) is 6.92 Å². The molecule has 2 heterocycles. The van der Waals surface area contributed by atoms with E-state index in [2.05, 4.69) is 16.8 Å². The first-order valence-electron chi connectivity index (χ1n) is 10.5. The van der Waals surface area contributed by atoms with E-state index >= 15 is 0 Å². The topological polar surface area (TPSA) is 127 Å². The number of rotatable bonds is 8. The number of carbonyl (C=O) groups excluding carboxylic acids is 3. The molecule has 0 spiro atoms. The number of aryl methyl sites for hydroxylation is 2. The molecule has 3 rings (SSSR count). The van der Waals surface area contributed by atoms with Gasteiger partial charge in [0.2, 0.25) is 0 Å². The average Bonchev–Trinajstić information content (AvgIpc) is 3.39. The summed E-state index contributed by atoms with van der Waals surface area (Å²) in [5, 5.41) is 12.4. The summed E-state index contributed by atoms with van der Waals surface area (Å²) >= 11 is 1.32. The predicted molar refractivity (Wildman–Crippen MR) is 122 cm³/mol. The number of nitrogens with one attached hydrogen (secondary N) is 1. The van der Waals surface area contributed by atoms with Crippen molar-refractivity contribution in [3.63, 3.8) is 0 Å². The minimum Gasteiger partial charge on any atom is -0.451 e. The summed E-state index contributed by atoms with van der Waals surface area (Å²) in [6.07, 6.45) is 5.00. The van der Waals surface area contributed by atoms with Crippen LogP contribution in [0.3, 0.4) is 0 Å². The van der Waals surface area contributed by atoms with E-state index in [0.29, 0.717) is 10.6 Å². The van der Waals surface area contributed by atoms with Crippen molar-refractivity contribution in [1.29, 1.82) is 5.26 Å². The molecule has 1 aliphatic carbocycles. The highest BCUT2D eigenvalue weighted by Crippen LogP contribution is 2.38. The first-order chi connectivity index (χ1) is 15.3. The van der Waals surface area contributed by atoms with Gasteiger partial charge in [-0.2, -0.15) is 5.26 Å². The van der Waals surface area contributed by atoms with Crippen molar-refractivity contribution < 1.29 is 19.1 Å². The molecule has 0 aliphatic heterocycles. The third kappa shape index (κ3) is 4.75. The maximum absolute atomic E-state index is 12.4. The molecule has 0 bridgehead atoms. The Hall–Kier alpha value is -3.38. The summed E-state index contributed by atoms with van der Waals surface area (Å²) in [5.74, 6) is -2.07. The van der Waals surface area contributed by atoms with E-state index in [1.165, 1.54) is 17.4 Å². The van der Waals surface area contributed by atoms with Gasteiger partial charge in [-0.3, -0.25) is 9.59 Å². The Morgan fingerprint density at radius 2 is 2.09 bits per heavy atom. The second kappa shape index (κ2) is 9.83. The molecule has 32 heavy (non-hydrogen) atoms. The molecule has 9 heteroatoms. The molecule has 0 radical (unpaired) electrons. The molecule has 8 nitrogen and oxygen atoms in total. The smallest absolute Gasteiger partial charge is 0.349 e. The number of amides is 2. The number of primary amides is 1. The standard InChI is InChI=1S/C23H26N4O4S/c1-4-8-27-13(2)9-15(14(27)3)10-16(11-24)23(30)31-12-19(28)26-22-20(21(25)29)17-6-5-7-18(17)32-22/h9-10H,4-8,12H2,1-3H3,(H2,25,29)(H,26,28). The minimum atomic E-state index is -0.883. The Kier molecular flexibility index (Phi) is 7.15. The van der Waals surface area contributed by atoms with Crippen LogP contribution in [0.1, 0.15) is 57.5 Å². The van der Waals surface area contributed by atoms with Crippen LogP contribution < -0.4 is 11.1 Å². The number of aromatic nitrogens is 1. The molecular formula is C23H26N4O4S. The van der Waals surface area contributed by atoms with Gasteiger partial charge in [0.25, 0.3) is 11.8 Å². The summed E-state index contributed by atoms with van der Waals surface area (Å²) in [7, 11) is 0. The van der Waals surface area contributed by atoms with Gasteiger partial charge in [0.05, 0.1) is 5.56 Å². The number of nitrogens with zero attached hydrogens (tertiary/aromatic N) is 2. The Bertz CT molecular complexity index is 1150. The summed E-state index contributed by atoms with van der Waals surface area (Å²) in [5.41, 5.74) is 9.27. The number of thiophene rings is 1. The van der Waals surface area contributed by atoms with Gasteiger partial charge in [0.1, 0.15) is 16.6 Å². The van der Waals surface area contributed by atoms with Gasteiger partial charge < -0.3 is 20.4 Å². The number of fused-ring (bicyclic) bond motifs is 1. The normalized spacial score (nSPS) is 12.9. The van der Waals surface area contributed by atoms with E-state index in [0.717, 1.165) is 59.6 Å². The maximum Gasteiger partial charge on any atom is 0.349 e. The van der Waals surface area contributed by atoms with Crippen LogP contribution in [0.25, 0.3) is 6.08 Å². The van der Waals surface area contributed by atoms with Gasteiger partial charge in [-0.05, 0) is 62.8 Å². The molecule has 0 unspecified atom stereocenters. The second-order valence-electron chi connectivity index (χ2n) is 7.70. The minimum absolute atomic E-state index is 0.192. The SMILES string of the molecule is CCCn1c(C)cc(C=C(C#N)C(=O)OCC(=O)Nc2sc3c(c2C(N)=O)CCC3)c1C. The molecule has 2 amide bonds.